The summed E-state index contributed by atoms with van der Waals surface area (Å²) in [7, 11) is 0. The van der Waals surface area contributed by atoms with Crippen molar-refractivity contribution in [2.24, 2.45) is 0 Å². The summed E-state index contributed by atoms with van der Waals surface area (Å²) in [6.45, 7) is 1.95. The molecule has 1 saturated carbocycles. The Hall–Kier alpha value is -1.42. The van der Waals surface area contributed by atoms with Crippen molar-refractivity contribution < 1.29 is 4.79 Å². The number of hydrogen-bond acceptors (Lipinski definition) is 3. The Bertz CT molecular complexity index is 497. The van der Waals surface area contributed by atoms with E-state index < -0.39 is 0 Å². The fraction of sp³-hybridized carbons (Fsp3) is 0.700. The Morgan fingerprint density at radius 2 is 1.92 bits per heavy atom. The number of amides is 1. The molecule has 1 aromatic rings. The van der Waals surface area contributed by atoms with Crippen LogP contribution in [0.2, 0.25) is 0 Å². The molecule has 132 valence electrons. The molecule has 1 amide bonds. The van der Waals surface area contributed by atoms with Gasteiger partial charge < -0.3 is 5.32 Å². The van der Waals surface area contributed by atoms with Crippen LogP contribution in [0.25, 0.3) is 0 Å². The molecule has 1 saturated heterocycles. The third-order valence-electron chi connectivity index (χ3n) is 5.53. The first-order valence-electron chi connectivity index (χ1n) is 9.76. The lowest BCUT2D eigenvalue weighted by atomic mass is 9.96. The Morgan fingerprint density at radius 3 is 2.67 bits per heavy atom. The Kier molecular flexibility index (Phi) is 6.65. The summed E-state index contributed by atoms with van der Waals surface area (Å²) < 4.78 is 0. The first kappa shape index (κ1) is 17.4. The predicted octanol–water partition coefficient (Wildman–Crippen LogP) is 3.84. The molecule has 0 radical (unpaired) electrons. The molecular weight excluding hydrogens is 298 g/mol. The average Bonchev–Trinajstić information content (AvgIpc) is 2.90. The standard InChI is InChI=1S/C20H31N3O/c24-20(22-18-9-3-1-2-4-10-18)12-15-23-14-6-5-11-19(23)17-8-7-13-21-16-17/h7-8,13,16,18-19H,1-6,9-12,14-15H2,(H,22,24)/t19-/m1/s1. The molecule has 4 heteroatoms. The predicted molar refractivity (Wildman–Crippen MR) is 96.7 cm³/mol. The zero-order valence-electron chi connectivity index (χ0n) is 14.8. The first-order valence-corrected chi connectivity index (χ1v) is 9.76. The largest absolute Gasteiger partial charge is 0.353 e. The molecule has 0 bridgehead atoms. The van der Waals surface area contributed by atoms with Gasteiger partial charge >= 0.3 is 0 Å². The van der Waals surface area contributed by atoms with Crippen LogP contribution < -0.4 is 5.32 Å². The molecule has 2 fully saturated rings. The lowest BCUT2D eigenvalue weighted by Crippen LogP contribution is -2.39. The highest BCUT2D eigenvalue weighted by atomic mass is 16.1. The number of pyridine rings is 1. The SMILES string of the molecule is O=C(CCN1CCCC[C@@H]1c1cccnc1)NC1CCCCCC1. The second kappa shape index (κ2) is 9.16. The van der Waals surface area contributed by atoms with Crippen LogP contribution in [0.1, 0.15) is 75.8 Å². The third-order valence-corrected chi connectivity index (χ3v) is 5.53. The van der Waals surface area contributed by atoms with Gasteiger partial charge in [0.25, 0.3) is 0 Å². The van der Waals surface area contributed by atoms with Crippen molar-refractivity contribution in [2.45, 2.75) is 76.3 Å². The molecule has 4 nitrogen and oxygen atoms in total. The number of nitrogens with zero attached hydrogens (tertiary/aromatic N) is 2. The van der Waals surface area contributed by atoms with Gasteiger partial charge in [0.2, 0.25) is 5.91 Å². The Morgan fingerprint density at radius 1 is 1.12 bits per heavy atom. The molecule has 1 aliphatic carbocycles. The molecule has 1 aliphatic heterocycles. The molecule has 24 heavy (non-hydrogen) atoms. The minimum Gasteiger partial charge on any atom is -0.353 e. The molecule has 3 rings (SSSR count). The minimum absolute atomic E-state index is 0.234. The van der Waals surface area contributed by atoms with Crippen molar-refractivity contribution in [3.63, 3.8) is 0 Å². The normalized spacial score (nSPS) is 23.6. The maximum absolute atomic E-state index is 12.4. The van der Waals surface area contributed by atoms with Gasteiger partial charge in [0.05, 0.1) is 0 Å². The van der Waals surface area contributed by atoms with Crippen LogP contribution in [-0.4, -0.2) is 34.9 Å². The minimum atomic E-state index is 0.234. The van der Waals surface area contributed by atoms with Crippen LogP contribution >= 0.6 is 0 Å². The van der Waals surface area contributed by atoms with E-state index in [1.807, 2.05) is 18.5 Å². The van der Waals surface area contributed by atoms with Crippen LogP contribution in [0, 0.1) is 0 Å². The van der Waals surface area contributed by atoms with Crippen molar-refractivity contribution in [2.75, 3.05) is 13.1 Å². The van der Waals surface area contributed by atoms with E-state index in [2.05, 4.69) is 21.3 Å². The topological polar surface area (TPSA) is 45.2 Å². The van der Waals surface area contributed by atoms with Gasteiger partial charge in [0, 0.05) is 37.4 Å². The quantitative estimate of drug-likeness (QED) is 0.835. The molecule has 2 heterocycles. The Labute approximate surface area is 146 Å². The number of hydrogen-bond donors (Lipinski definition) is 1. The van der Waals surface area contributed by atoms with Crippen LogP contribution in [0.5, 0.6) is 0 Å². The summed E-state index contributed by atoms with van der Waals surface area (Å²) in [5.41, 5.74) is 1.29. The summed E-state index contributed by atoms with van der Waals surface area (Å²) in [4.78, 5) is 19.1. The van der Waals surface area contributed by atoms with Gasteiger partial charge in [0.15, 0.2) is 0 Å². The lowest BCUT2D eigenvalue weighted by molar-refractivity contribution is -0.122. The smallest absolute Gasteiger partial charge is 0.221 e. The van der Waals surface area contributed by atoms with Crippen LogP contribution in [-0.2, 0) is 4.79 Å². The van der Waals surface area contributed by atoms with E-state index in [1.54, 1.807) is 0 Å². The van der Waals surface area contributed by atoms with Crippen molar-refractivity contribution in [1.29, 1.82) is 0 Å². The molecule has 0 aromatic carbocycles. The second-order valence-electron chi connectivity index (χ2n) is 7.34. The number of likely N-dealkylation sites (tertiary alicyclic amines) is 1. The number of carbonyl (C=O) groups is 1. The zero-order chi connectivity index (χ0) is 16.6. The summed E-state index contributed by atoms with van der Waals surface area (Å²) in [5, 5.41) is 3.28. The van der Waals surface area contributed by atoms with Crippen molar-refractivity contribution in [1.82, 2.24) is 15.2 Å². The number of nitrogens with one attached hydrogen (secondary N) is 1. The lowest BCUT2D eigenvalue weighted by Gasteiger charge is -2.35. The fourth-order valence-electron chi connectivity index (χ4n) is 4.18. The highest BCUT2D eigenvalue weighted by Gasteiger charge is 2.24. The van der Waals surface area contributed by atoms with E-state index in [-0.39, 0.29) is 5.91 Å². The van der Waals surface area contributed by atoms with Crippen LogP contribution in [0.4, 0.5) is 0 Å². The monoisotopic (exact) mass is 329 g/mol. The highest BCUT2D eigenvalue weighted by Crippen LogP contribution is 2.30. The van der Waals surface area contributed by atoms with Crippen molar-refractivity contribution in [3.05, 3.63) is 30.1 Å². The summed E-state index contributed by atoms with van der Waals surface area (Å²) in [6.07, 6.45) is 15.6. The second-order valence-corrected chi connectivity index (χ2v) is 7.34. The van der Waals surface area contributed by atoms with Gasteiger partial charge in [-0.3, -0.25) is 14.7 Å². The van der Waals surface area contributed by atoms with Gasteiger partial charge in [0.1, 0.15) is 0 Å². The molecule has 0 spiro atoms. The van der Waals surface area contributed by atoms with Gasteiger partial charge in [-0.15, -0.1) is 0 Å². The molecule has 0 unspecified atom stereocenters. The van der Waals surface area contributed by atoms with E-state index in [1.165, 1.54) is 50.5 Å². The highest BCUT2D eigenvalue weighted by molar-refractivity contribution is 5.76. The van der Waals surface area contributed by atoms with Crippen LogP contribution in [0.3, 0.4) is 0 Å². The van der Waals surface area contributed by atoms with Crippen molar-refractivity contribution in [3.8, 4) is 0 Å². The molecule has 1 N–H and O–H groups in total. The summed E-state index contributed by atoms with van der Waals surface area (Å²) >= 11 is 0. The van der Waals surface area contributed by atoms with Crippen LogP contribution in [0.15, 0.2) is 24.5 Å². The first-order chi connectivity index (χ1) is 11.8. The van der Waals surface area contributed by atoms with Gasteiger partial charge in [-0.25, -0.2) is 0 Å². The fourth-order valence-corrected chi connectivity index (χ4v) is 4.18. The van der Waals surface area contributed by atoms with Gasteiger partial charge in [-0.2, -0.15) is 0 Å². The van der Waals surface area contributed by atoms with Gasteiger partial charge in [-0.1, -0.05) is 38.2 Å². The van der Waals surface area contributed by atoms with E-state index in [9.17, 15) is 4.79 Å². The Balaban J connectivity index is 1.49. The summed E-state index contributed by atoms with van der Waals surface area (Å²) in [5.74, 6) is 0.234. The third kappa shape index (κ3) is 5.04. The number of rotatable bonds is 5. The average molecular weight is 329 g/mol. The number of carbonyl (C=O) groups excluding carboxylic acids is 1. The molecule has 2 aliphatic rings. The van der Waals surface area contributed by atoms with Gasteiger partial charge in [-0.05, 0) is 43.9 Å². The van der Waals surface area contributed by atoms with Crippen molar-refractivity contribution >= 4 is 5.91 Å². The zero-order valence-corrected chi connectivity index (χ0v) is 14.8. The van der Waals surface area contributed by atoms with E-state index >= 15 is 0 Å². The molecule has 1 atom stereocenters. The van der Waals surface area contributed by atoms with E-state index in [0.717, 1.165) is 25.9 Å². The molecular formula is C20H31N3O. The number of piperidine rings is 1. The maximum atomic E-state index is 12.4. The maximum Gasteiger partial charge on any atom is 0.221 e. The number of aromatic nitrogens is 1. The molecule has 1 aromatic heterocycles. The van der Waals surface area contributed by atoms with E-state index in [4.69, 9.17) is 0 Å². The van der Waals surface area contributed by atoms with E-state index in [0.29, 0.717) is 18.5 Å². The summed E-state index contributed by atoms with van der Waals surface area (Å²) in [6, 6.07) is 5.02.